The number of ether oxygens (including phenoxy) is 2. The van der Waals surface area contributed by atoms with Gasteiger partial charge in [0, 0.05) is 21.0 Å². The van der Waals surface area contributed by atoms with E-state index in [9.17, 15) is 9.59 Å². The molecule has 2 atom stereocenters. The molecule has 0 aromatic carbocycles. The molecule has 6 nitrogen and oxygen atoms in total. The van der Waals surface area contributed by atoms with Gasteiger partial charge in [-0.25, -0.2) is 4.79 Å². The number of likely N-dealkylation sites (tertiary alicyclic amines) is 1. The van der Waals surface area contributed by atoms with E-state index in [-0.39, 0.29) is 12.2 Å². The lowest BCUT2D eigenvalue weighted by Gasteiger charge is -2.19. The number of nitrogens with zero attached hydrogens (tertiary/aromatic N) is 1. The van der Waals surface area contributed by atoms with Crippen molar-refractivity contribution in [2.24, 2.45) is 5.73 Å². The maximum absolute atomic E-state index is 11.9. The van der Waals surface area contributed by atoms with Crippen molar-refractivity contribution in [3.8, 4) is 0 Å². The van der Waals surface area contributed by atoms with Gasteiger partial charge >= 0.3 is 12.1 Å². The highest BCUT2D eigenvalue weighted by atomic mass is 28.3. The summed E-state index contributed by atoms with van der Waals surface area (Å²) in [7, 11) is -1.19. The summed E-state index contributed by atoms with van der Waals surface area (Å²) < 4.78 is 10.5. The third kappa shape index (κ3) is 5.92. The Morgan fingerprint density at radius 1 is 1.40 bits per heavy atom. The number of esters is 1. The summed E-state index contributed by atoms with van der Waals surface area (Å²) in [6.07, 6.45) is 0.0577. The lowest BCUT2D eigenvalue weighted by molar-refractivity contribution is -0.149. The molecule has 0 radical (unpaired) electrons. The minimum absolute atomic E-state index is 0.266. The van der Waals surface area contributed by atoms with Crippen molar-refractivity contribution in [2.45, 2.75) is 51.2 Å². The Bertz CT molecular complexity index is 355. The van der Waals surface area contributed by atoms with Crippen LogP contribution < -0.4 is 5.73 Å². The van der Waals surface area contributed by atoms with Crippen LogP contribution in [0, 0.1) is 0 Å². The minimum Gasteiger partial charge on any atom is -0.459 e. The predicted molar refractivity (Wildman–Crippen MR) is 79.2 cm³/mol. The van der Waals surface area contributed by atoms with Crippen molar-refractivity contribution in [2.75, 3.05) is 19.7 Å². The molecule has 1 heterocycles. The SMILES string of the molecule is CC(N)C(=O)OC1CCN(C(=O)OCC[Si](C)(C)C)C1. The summed E-state index contributed by atoms with van der Waals surface area (Å²) in [5.41, 5.74) is 5.44. The molecule has 7 heteroatoms. The summed E-state index contributed by atoms with van der Waals surface area (Å²) in [5, 5.41) is 0. The van der Waals surface area contributed by atoms with Crippen molar-refractivity contribution in [3.05, 3.63) is 0 Å². The standard InChI is InChI=1S/C13H26N2O4Si/c1-10(14)12(16)19-11-5-6-15(9-11)13(17)18-7-8-20(2,3)4/h10-11H,5-9,14H2,1-4H3. The van der Waals surface area contributed by atoms with Crippen LogP contribution in [0.4, 0.5) is 4.79 Å². The fourth-order valence-corrected chi connectivity index (χ4v) is 2.51. The molecule has 1 aliphatic heterocycles. The normalized spacial score (nSPS) is 20.6. The van der Waals surface area contributed by atoms with Gasteiger partial charge in [0.25, 0.3) is 0 Å². The third-order valence-electron chi connectivity index (χ3n) is 3.14. The first kappa shape index (κ1) is 17.0. The van der Waals surface area contributed by atoms with Crippen LogP contribution in [-0.4, -0.2) is 56.9 Å². The van der Waals surface area contributed by atoms with Crippen LogP contribution in [0.1, 0.15) is 13.3 Å². The molecule has 0 saturated carbocycles. The number of hydrogen-bond donors (Lipinski definition) is 1. The van der Waals surface area contributed by atoms with E-state index in [0.29, 0.717) is 26.1 Å². The van der Waals surface area contributed by atoms with Gasteiger partial charge in [0.2, 0.25) is 0 Å². The Labute approximate surface area is 121 Å². The van der Waals surface area contributed by atoms with Gasteiger partial charge in [0.15, 0.2) is 0 Å². The molecule has 20 heavy (non-hydrogen) atoms. The molecular weight excluding hydrogens is 276 g/mol. The fourth-order valence-electron chi connectivity index (χ4n) is 1.80. The molecule has 1 amide bonds. The van der Waals surface area contributed by atoms with E-state index in [1.165, 1.54) is 0 Å². The van der Waals surface area contributed by atoms with E-state index in [1.54, 1.807) is 11.8 Å². The monoisotopic (exact) mass is 302 g/mol. The van der Waals surface area contributed by atoms with Crippen molar-refractivity contribution in [1.82, 2.24) is 4.90 Å². The Morgan fingerprint density at radius 3 is 2.60 bits per heavy atom. The molecule has 0 aliphatic carbocycles. The average molecular weight is 302 g/mol. The number of hydrogen-bond acceptors (Lipinski definition) is 5. The van der Waals surface area contributed by atoms with Gasteiger partial charge in [-0.1, -0.05) is 19.6 Å². The zero-order valence-electron chi connectivity index (χ0n) is 12.8. The Hall–Kier alpha value is -1.08. The van der Waals surface area contributed by atoms with E-state index in [0.717, 1.165) is 6.04 Å². The second-order valence-electron chi connectivity index (χ2n) is 6.51. The zero-order chi connectivity index (χ0) is 15.3. The molecule has 1 fully saturated rings. The summed E-state index contributed by atoms with van der Waals surface area (Å²) in [5.74, 6) is -0.427. The molecule has 0 aromatic heterocycles. The van der Waals surface area contributed by atoms with Crippen LogP contribution in [0.3, 0.4) is 0 Å². The minimum atomic E-state index is -1.19. The van der Waals surface area contributed by atoms with Gasteiger partial charge in [0.1, 0.15) is 12.1 Å². The lowest BCUT2D eigenvalue weighted by Crippen LogP contribution is -2.35. The van der Waals surface area contributed by atoms with Gasteiger partial charge < -0.3 is 20.1 Å². The van der Waals surface area contributed by atoms with Crippen LogP contribution in [0.2, 0.25) is 25.7 Å². The summed E-state index contributed by atoms with van der Waals surface area (Å²) in [4.78, 5) is 24.8. The Morgan fingerprint density at radius 2 is 2.05 bits per heavy atom. The number of carbonyl (C=O) groups is 2. The molecule has 1 rings (SSSR count). The number of rotatable bonds is 5. The Kier molecular flexibility index (Phi) is 6.00. The molecule has 0 aromatic rings. The molecule has 2 unspecified atom stereocenters. The van der Waals surface area contributed by atoms with Crippen LogP contribution in [0.25, 0.3) is 0 Å². The lowest BCUT2D eigenvalue weighted by atomic mass is 10.3. The molecule has 0 bridgehead atoms. The highest BCUT2D eigenvalue weighted by Gasteiger charge is 2.30. The highest BCUT2D eigenvalue weighted by Crippen LogP contribution is 2.15. The molecule has 1 aliphatic rings. The summed E-state index contributed by atoms with van der Waals surface area (Å²) in [6.45, 7) is 9.71. The first-order valence-corrected chi connectivity index (χ1v) is 10.8. The maximum atomic E-state index is 11.9. The van der Waals surface area contributed by atoms with Crippen molar-refractivity contribution >= 4 is 20.1 Å². The molecule has 1 saturated heterocycles. The van der Waals surface area contributed by atoms with Crippen molar-refractivity contribution < 1.29 is 19.1 Å². The third-order valence-corrected chi connectivity index (χ3v) is 4.84. The van der Waals surface area contributed by atoms with Crippen LogP contribution in [0.15, 0.2) is 0 Å². The van der Waals surface area contributed by atoms with Crippen LogP contribution >= 0.6 is 0 Å². The molecular formula is C13H26N2O4Si. The second kappa shape index (κ2) is 7.08. The van der Waals surface area contributed by atoms with E-state index in [4.69, 9.17) is 15.2 Å². The first-order chi connectivity index (χ1) is 9.19. The van der Waals surface area contributed by atoms with Gasteiger partial charge in [-0.05, 0) is 13.0 Å². The maximum Gasteiger partial charge on any atom is 0.409 e. The van der Waals surface area contributed by atoms with E-state index in [2.05, 4.69) is 19.6 Å². The van der Waals surface area contributed by atoms with Gasteiger partial charge in [-0.15, -0.1) is 0 Å². The van der Waals surface area contributed by atoms with E-state index < -0.39 is 20.1 Å². The largest absolute Gasteiger partial charge is 0.459 e. The summed E-state index contributed by atoms with van der Waals surface area (Å²) >= 11 is 0. The quantitative estimate of drug-likeness (QED) is 0.613. The fraction of sp³-hybridized carbons (Fsp3) is 0.846. The van der Waals surface area contributed by atoms with E-state index >= 15 is 0 Å². The van der Waals surface area contributed by atoms with Crippen molar-refractivity contribution in [1.29, 1.82) is 0 Å². The average Bonchev–Trinajstić information content (AvgIpc) is 2.75. The van der Waals surface area contributed by atoms with Crippen molar-refractivity contribution in [3.63, 3.8) is 0 Å². The molecule has 0 spiro atoms. The van der Waals surface area contributed by atoms with E-state index in [1.807, 2.05) is 0 Å². The first-order valence-electron chi connectivity index (χ1n) is 7.07. The van der Waals surface area contributed by atoms with Gasteiger partial charge in [-0.3, -0.25) is 4.79 Å². The smallest absolute Gasteiger partial charge is 0.409 e. The second-order valence-corrected chi connectivity index (χ2v) is 12.1. The van der Waals surface area contributed by atoms with Crippen LogP contribution in [-0.2, 0) is 14.3 Å². The number of amides is 1. The van der Waals surface area contributed by atoms with Gasteiger partial charge in [-0.2, -0.15) is 0 Å². The summed E-state index contributed by atoms with van der Waals surface area (Å²) in [6, 6.07) is 0.322. The molecule has 2 N–H and O–H groups in total. The zero-order valence-corrected chi connectivity index (χ0v) is 13.8. The molecule has 116 valence electrons. The number of nitrogens with two attached hydrogens (primary N) is 1. The Balaban J connectivity index is 2.29. The predicted octanol–water partition coefficient (Wildman–Crippen LogP) is 1.43. The topological polar surface area (TPSA) is 81.9 Å². The van der Waals surface area contributed by atoms with Gasteiger partial charge in [0.05, 0.1) is 13.2 Å². The van der Waals surface area contributed by atoms with Crippen LogP contribution in [0.5, 0.6) is 0 Å². The highest BCUT2D eigenvalue weighted by molar-refractivity contribution is 6.76. The number of carbonyl (C=O) groups excluding carboxylic acids is 2.